The average molecular weight is 267 g/mol. The van der Waals surface area contributed by atoms with Crippen LogP contribution >= 0.6 is 0 Å². The van der Waals surface area contributed by atoms with Crippen LogP contribution < -0.4 is 5.32 Å². The minimum absolute atomic E-state index is 0.853. The van der Waals surface area contributed by atoms with E-state index in [0.717, 1.165) is 43.9 Å². The van der Waals surface area contributed by atoms with Gasteiger partial charge >= 0.3 is 0 Å². The maximum Gasteiger partial charge on any atom is 0.125 e. The SMILES string of the molecule is CCCc1cnc(C)nc1-c1cccc2c1CCNC2. The molecule has 0 amide bonds. The van der Waals surface area contributed by atoms with Crippen molar-refractivity contribution in [2.45, 2.75) is 39.7 Å². The predicted molar refractivity (Wildman–Crippen MR) is 81.6 cm³/mol. The highest BCUT2D eigenvalue weighted by molar-refractivity contribution is 5.68. The Balaban J connectivity index is 2.15. The molecule has 0 saturated carbocycles. The van der Waals surface area contributed by atoms with E-state index in [1.807, 2.05) is 13.1 Å². The lowest BCUT2D eigenvalue weighted by Gasteiger charge is -2.21. The van der Waals surface area contributed by atoms with Gasteiger partial charge in [-0.15, -0.1) is 0 Å². The molecule has 0 spiro atoms. The first-order valence-electron chi connectivity index (χ1n) is 7.44. The van der Waals surface area contributed by atoms with Gasteiger partial charge in [-0.2, -0.15) is 0 Å². The number of fused-ring (bicyclic) bond motifs is 1. The predicted octanol–water partition coefficient (Wildman–Crippen LogP) is 3.05. The zero-order chi connectivity index (χ0) is 13.9. The van der Waals surface area contributed by atoms with Crippen LogP contribution in [0.25, 0.3) is 11.3 Å². The highest BCUT2D eigenvalue weighted by atomic mass is 14.9. The molecule has 0 unspecified atom stereocenters. The third kappa shape index (κ3) is 2.46. The Kier molecular flexibility index (Phi) is 3.79. The van der Waals surface area contributed by atoms with E-state index in [-0.39, 0.29) is 0 Å². The topological polar surface area (TPSA) is 37.8 Å². The van der Waals surface area contributed by atoms with E-state index < -0.39 is 0 Å². The molecule has 1 aromatic carbocycles. The van der Waals surface area contributed by atoms with Crippen LogP contribution in [0, 0.1) is 6.92 Å². The first-order valence-corrected chi connectivity index (χ1v) is 7.44. The fourth-order valence-corrected chi connectivity index (χ4v) is 2.93. The lowest BCUT2D eigenvalue weighted by molar-refractivity contribution is 0.644. The molecule has 0 atom stereocenters. The number of hydrogen-bond donors (Lipinski definition) is 1. The van der Waals surface area contributed by atoms with Crippen molar-refractivity contribution < 1.29 is 0 Å². The number of aryl methyl sites for hydroxylation is 2. The Labute approximate surface area is 120 Å². The van der Waals surface area contributed by atoms with Crippen molar-refractivity contribution >= 4 is 0 Å². The van der Waals surface area contributed by atoms with E-state index in [1.165, 1.54) is 22.3 Å². The summed E-state index contributed by atoms with van der Waals surface area (Å²) in [5.41, 5.74) is 6.58. The normalized spacial score (nSPS) is 14.1. The summed E-state index contributed by atoms with van der Waals surface area (Å²) in [6, 6.07) is 6.58. The summed E-state index contributed by atoms with van der Waals surface area (Å²) in [5.74, 6) is 0.853. The first-order chi connectivity index (χ1) is 9.79. The molecule has 0 aliphatic carbocycles. The van der Waals surface area contributed by atoms with E-state index >= 15 is 0 Å². The highest BCUT2D eigenvalue weighted by Crippen LogP contribution is 2.29. The second kappa shape index (κ2) is 5.71. The van der Waals surface area contributed by atoms with Crippen molar-refractivity contribution in [1.29, 1.82) is 0 Å². The Morgan fingerprint density at radius 2 is 2.20 bits per heavy atom. The third-order valence-corrected chi connectivity index (χ3v) is 3.90. The van der Waals surface area contributed by atoms with Crippen molar-refractivity contribution in [3.63, 3.8) is 0 Å². The second-order valence-corrected chi connectivity index (χ2v) is 5.41. The number of aromatic nitrogens is 2. The van der Waals surface area contributed by atoms with Crippen LogP contribution in [0.4, 0.5) is 0 Å². The average Bonchev–Trinajstić information content (AvgIpc) is 2.49. The molecule has 0 saturated heterocycles. The molecule has 0 fully saturated rings. The van der Waals surface area contributed by atoms with Crippen LogP contribution in [0.15, 0.2) is 24.4 Å². The van der Waals surface area contributed by atoms with Gasteiger partial charge < -0.3 is 5.32 Å². The Morgan fingerprint density at radius 3 is 3.05 bits per heavy atom. The van der Waals surface area contributed by atoms with E-state index in [0.29, 0.717) is 0 Å². The number of benzene rings is 1. The lowest BCUT2D eigenvalue weighted by Crippen LogP contribution is -2.24. The van der Waals surface area contributed by atoms with Gasteiger partial charge in [0.1, 0.15) is 5.82 Å². The maximum absolute atomic E-state index is 4.74. The summed E-state index contributed by atoms with van der Waals surface area (Å²) in [4.78, 5) is 9.11. The molecular weight excluding hydrogens is 246 g/mol. The van der Waals surface area contributed by atoms with Crippen molar-refractivity contribution in [1.82, 2.24) is 15.3 Å². The summed E-state index contributed by atoms with van der Waals surface area (Å²) in [6.07, 6.45) is 5.25. The number of rotatable bonds is 3. The molecule has 1 aliphatic heterocycles. The van der Waals surface area contributed by atoms with Gasteiger partial charge in [0.25, 0.3) is 0 Å². The van der Waals surface area contributed by atoms with Crippen LogP contribution in [0.1, 0.15) is 35.9 Å². The molecule has 2 heterocycles. The van der Waals surface area contributed by atoms with Gasteiger partial charge in [0.15, 0.2) is 0 Å². The summed E-state index contributed by atoms with van der Waals surface area (Å²) in [5, 5.41) is 3.44. The van der Waals surface area contributed by atoms with Gasteiger partial charge in [0.2, 0.25) is 0 Å². The maximum atomic E-state index is 4.74. The Morgan fingerprint density at radius 1 is 1.30 bits per heavy atom. The van der Waals surface area contributed by atoms with E-state index in [2.05, 4.69) is 35.4 Å². The van der Waals surface area contributed by atoms with E-state index in [1.54, 1.807) is 0 Å². The van der Waals surface area contributed by atoms with Crippen LogP contribution in [0.5, 0.6) is 0 Å². The molecule has 1 N–H and O–H groups in total. The number of nitrogens with one attached hydrogen (secondary N) is 1. The van der Waals surface area contributed by atoms with Crippen LogP contribution in [-0.2, 0) is 19.4 Å². The van der Waals surface area contributed by atoms with E-state index in [4.69, 9.17) is 4.98 Å². The minimum Gasteiger partial charge on any atom is -0.312 e. The molecule has 1 aliphatic rings. The molecule has 2 aromatic rings. The Bertz CT molecular complexity index is 620. The molecule has 104 valence electrons. The van der Waals surface area contributed by atoms with E-state index in [9.17, 15) is 0 Å². The molecule has 3 nitrogen and oxygen atoms in total. The van der Waals surface area contributed by atoms with Gasteiger partial charge in [0, 0.05) is 18.3 Å². The van der Waals surface area contributed by atoms with Gasteiger partial charge in [-0.25, -0.2) is 9.97 Å². The van der Waals surface area contributed by atoms with Crippen molar-refractivity contribution in [3.8, 4) is 11.3 Å². The molecular formula is C17H21N3. The van der Waals surface area contributed by atoms with Crippen molar-refractivity contribution in [2.75, 3.05) is 6.54 Å². The Hall–Kier alpha value is -1.74. The van der Waals surface area contributed by atoms with Crippen LogP contribution in [0.3, 0.4) is 0 Å². The number of hydrogen-bond acceptors (Lipinski definition) is 3. The summed E-state index contributed by atoms with van der Waals surface area (Å²) in [7, 11) is 0. The largest absolute Gasteiger partial charge is 0.312 e. The molecule has 3 heteroatoms. The molecule has 3 rings (SSSR count). The molecule has 1 aromatic heterocycles. The van der Waals surface area contributed by atoms with Gasteiger partial charge in [-0.05, 0) is 43.0 Å². The minimum atomic E-state index is 0.853. The zero-order valence-electron chi connectivity index (χ0n) is 12.2. The standard InChI is InChI=1S/C17H21N3/c1-3-5-14-11-19-12(2)20-17(14)16-7-4-6-13-10-18-9-8-15(13)16/h4,6-7,11,18H,3,5,8-10H2,1-2H3. The first kappa shape index (κ1) is 13.3. The highest BCUT2D eigenvalue weighted by Gasteiger charge is 2.16. The smallest absolute Gasteiger partial charge is 0.125 e. The molecule has 0 bridgehead atoms. The zero-order valence-corrected chi connectivity index (χ0v) is 12.2. The summed E-state index contributed by atoms with van der Waals surface area (Å²) in [6.45, 7) is 6.19. The quantitative estimate of drug-likeness (QED) is 0.928. The van der Waals surface area contributed by atoms with Crippen LogP contribution in [-0.4, -0.2) is 16.5 Å². The lowest BCUT2D eigenvalue weighted by atomic mass is 9.91. The van der Waals surface area contributed by atoms with Gasteiger partial charge in [0.05, 0.1) is 5.69 Å². The van der Waals surface area contributed by atoms with Gasteiger partial charge in [-0.3, -0.25) is 0 Å². The fraction of sp³-hybridized carbons (Fsp3) is 0.412. The van der Waals surface area contributed by atoms with Gasteiger partial charge in [-0.1, -0.05) is 31.5 Å². The van der Waals surface area contributed by atoms with Crippen molar-refractivity contribution in [2.24, 2.45) is 0 Å². The van der Waals surface area contributed by atoms with Crippen molar-refractivity contribution in [3.05, 3.63) is 46.9 Å². The summed E-state index contributed by atoms with van der Waals surface area (Å²) >= 11 is 0. The molecule has 20 heavy (non-hydrogen) atoms. The summed E-state index contributed by atoms with van der Waals surface area (Å²) < 4.78 is 0. The monoisotopic (exact) mass is 267 g/mol. The van der Waals surface area contributed by atoms with Crippen LogP contribution in [0.2, 0.25) is 0 Å². The second-order valence-electron chi connectivity index (χ2n) is 5.41. The number of nitrogens with zero attached hydrogens (tertiary/aromatic N) is 2. The molecule has 0 radical (unpaired) electrons. The fourth-order valence-electron chi connectivity index (χ4n) is 2.93. The third-order valence-electron chi connectivity index (χ3n) is 3.90.